The van der Waals surface area contributed by atoms with E-state index in [1.165, 1.54) is 6.07 Å². The standard InChI is InChI=1S/C20H18ClN3O2.C2H4N2O2/c21-19-9-8-16(12-22-19)24-13-17(25)11-18(24)14-4-6-15(7-5-14)23-10-2-1-3-20(23)26;3-2(6)4-1-5/h1-10,12,17-18,25H,11,13H2;1H,(H3,3,4,5,6)/t17-,18-;/m1./s1. The fourth-order valence-electron chi connectivity index (χ4n) is 3.51. The quantitative estimate of drug-likeness (QED) is 0.407. The predicted molar refractivity (Wildman–Crippen MR) is 121 cm³/mol. The van der Waals surface area contributed by atoms with Crippen LogP contribution in [-0.2, 0) is 4.79 Å². The minimum absolute atomic E-state index is 0.0505. The van der Waals surface area contributed by atoms with Crippen LogP contribution in [0.15, 0.2) is 71.8 Å². The van der Waals surface area contributed by atoms with E-state index in [4.69, 9.17) is 11.6 Å². The smallest absolute Gasteiger partial charge is 0.318 e. The Kier molecular flexibility index (Phi) is 7.58. The zero-order valence-electron chi connectivity index (χ0n) is 17.0. The normalized spacial score (nSPS) is 17.2. The number of imide groups is 1. The van der Waals surface area contributed by atoms with Crippen LogP contribution in [0.5, 0.6) is 0 Å². The summed E-state index contributed by atoms with van der Waals surface area (Å²) >= 11 is 5.88. The van der Waals surface area contributed by atoms with Crippen molar-refractivity contribution in [2.45, 2.75) is 18.6 Å². The van der Waals surface area contributed by atoms with Crippen molar-refractivity contribution in [3.05, 3.63) is 88.1 Å². The fourth-order valence-corrected chi connectivity index (χ4v) is 3.62. The molecule has 3 amide bonds. The van der Waals surface area contributed by atoms with E-state index in [2.05, 4.69) is 15.6 Å². The van der Waals surface area contributed by atoms with Crippen molar-refractivity contribution in [1.29, 1.82) is 0 Å². The maximum Gasteiger partial charge on any atom is 0.318 e. The Hall–Kier alpha value is -3.69. The number of urea groups is 1. The molecule has 4 rings (SSSR count). The highest BCUT2D eigenvalue weighted by molar-refractivity contribution is 6.29. The van der Waals surface area contributed by atoms with Gasteiger partial charge in [0.2, 0.25) is 6.41 Å². The Morgan fingerprint density at radius 1 is 1.16 bits per heavy atom. The molecule has 2 aromatic heterocycles. The number of rotatable bonds is 4. The molecule has 9 nitrogen and oxygen atoms in total. The Morgan fingerprint density at radius 3 is 2.44 bits per heavy atom. The largest absolute Gasteiger partial charge is 0.391 e. The van der Waals surface area contributed by atoms with Crippen molar-refractivity contribution in [2.75, 3.05) is 11.4 Å². The van der Waals surface area contributed by atoms with Gasteiger partial charge in [0.15, 0.2) is 0 Å². The average Bonchev–Trinajstić information content (AvgIpc) is 3.17. The molecule has 0 spiro atoms. The van der Waals surface area contributed by atoms with Crippen molar-refractivity contribution >= 4 is 29.7 Å². The summed E-state index contributed by atoms with van der Waals surface area (Å²) in [5, 5.41) is 12.3. The van der Waals surface area contributed by atoms with Gasteiger partial charge in [0.1, 0.15) is 5.15 Å². The van der Waals surface area contributed by atoms with Crippen LogP contribution in [0.1, 0.15) is 18.0 Å². The molecule has 166 valence electrons. The highest BCUT2D eigenvalue weighted by atomic mass is 35.5. The number of anilines is 1. The first-order chi connectivity index (χ1) is 15.4. The lowest BCUT2D eigenvalue weighted by atomic mass is 10.0. The number of pyridine rings is 2. The first-order valence-corrected chi connectivity index (χ1v) is 10.1. The minimum atomic E-state index is -0.829. The lowest BCUT2D eigenvalue weighted by Gasteiger charge is -2.26. The highest BCUT2D eigenvalue weighted by Crippen LogP contribution is 2.36. The number of amides is 3. The number of nitrogens with zero attached hydrogens (tertiary/aromatic N) is 3. The van der Waals surface area contributed by atoms with Gasteiger partial charge in [-0.15, -0.1) is 0 Å². The molecule has 2 atom stereocenters. The number of halogens is 1. The molecule has 1 aliphatic rings. The minimum Gasteiger partial charge on any atom is -0.391 e. The second-order valence-corrected chi connectivity index (χ2v) is 7.41. The summed E-state index contributed by atoms with van der Waals surface area (Å²) in [6, 6.07) is 15.9. The van der Waals surface area contributed by atoms with E-state index >= 15 is 0 Å². The van der Waals surface area contributed by atoms with Gasteiger partial charge in [0.25, 0.3) is 5.56 Å². The average molecular weight is 456 g/mol. The number of nitrogens with one attached hydrogen (secondary N) is 1. The van der Waals surface area contributed by atoms with Gasteiger partial charge in [-0.05, 0) is 42.3 Å². The van der Waals surface area contributed by atoms with Gasteiger partial charge in [0.05, 0.1) is 24.0 Å². The molecule has 1 aliphatic heterocycles. The first kappa shape index (κ1) is 23.0. The second-order valence-electron chi connectivity index (χ2n) is 7.02. The summed E-state index contributed by atoms with van der Waals surface area (Å²) in [6.45, 7) is 0.549. The number of aromatic nitrogens is 2. The molecule has 0 saturated carbocycles. The molecule has 32 heavy (non-hydrogen) atoms. The molecule has 0 unspecified atom stereocenters. The SMILES string of the molecule is NC(=O)NC=O.O=c1ccccn1-c1ccc([C@H]2C[C@@H](O)CN2c2ccc(Cl)nc2)cc1. The maximum absolute atomic E-state index is 12.0. The Labute approximate surface area is 189 Å². The number of carbonyl (C=O) groups excluding carboxylic acids is 2. The zero-order chi connectivity index (χ0) is 23.1. The van der Waals surface area contributed by atoms with E-state index in [1.807, 2.05) is 36.4 Å². The van der Waals surface area contributed by atoms with Gasteiger partial charge in [-0.2, -0.15) is 0 Å². The van der Waals surface area contributed by atoms with Gasteiger partial charge >= 0.3 is 6.03 Å². The van der Waals surface area contributed by atoms with Crippen LogP contribution in [0.25, 0.3) is 5.69 Å². The van der Waals surface area contributed by atoms with Gasteiger partial charge < -0.3 is 15.7 Å². The molecule has 1 aromatic carbocycles. The third-order valence-electron chi connectivity index (χ3n) is 4.90. The number of aliphatic hydroxyl groups is 1. The van der Waals surface area contributed by atoms with Crippen LogP contribution in [0, 0.1) is 0 Å². The van der Waals surface area contributed by atoms with Crippen LogP contribution in [-0.4, -0.2) is 39.7 Å². The third-order valence-corrected chi connectivity index (χ3v) is 5.13. The van der Waals surface area contributed by atoms with E-state index in [0.717, 1.165) is 16.9 Å². The van der Waals surface area contributed by atoms with Crippen molar-refractivity contribution in [3.63, 3.8) is 0 Å². The molecule has 4 N–H and O–H groups in total. The molecule has 0 aliphatic carbocycles. The second kappa shape index (κ2) is 10.6. The maximum atomic E-state index is 12.0. The molecule has 0 radical (unpaired) electrons. The Balaban J connectivity index is 0.000000427. The predicted octanol–water partition coefficient (Wildman–Crippen LogP) is 2.01. The van der Waals surface area contributed by atoms with Gasteiger partial charge in [-0.1, -0.05) is 29.8 Å². The van der Waals surface area contributed by atoms with Crippen LogP contribution >= 0.6 is 11.6 Å². The van der Waals surface area contributed by atoms with Crippen molar-refractivity contribution < 1.29 is 14.7 Å². The van der Waals surface area contributed by atoms with Gasteiger partial charge in [-0.3, -0.25) is 19.5 Å². The number of nitrogens with two attached hydrogens (primary N) is 1. The highest BCUT2D eigenvalue weighted by Gasteiger charge is 2.32. The lowest BCUT2D eigenvalue weighted by Crippen LogP contribution is -2.27. The number of carbonyl (C=O) groups is 2. The van der Waals surface area contributed by atoms with E-state index in [9.17, 15) is 19.5 Å². The van der Waals surface area contributed by atoms with Crippen LogP contribution in [0.4, 0.5) is 10.5 Å². The lowest BCUT2D eigenvalue weighted by molar-refractivity contribution is -0.108. The number of benzene rings is 1. The zero-order valence-corrected chi connectivity index (χ0v) is 17.7. The summed E-state index contributed by atoms with van der Waals surface area (Å²) in [7, 11) is 0. The summed E-state index contributed by atoms with van der Waals surface area (Å²) in [5.41, 5.74) is 7.19. The summed E-state index contributed by atoms with van der Waals surface area (Å²) in [5.74, 6) is 0. The molecule has 0 bridgehead atoms. The van der Waals surface area contributed by atoms with E-state index in [-0.39, 0.29) is 18.0 Å². The Bertz CT molecular complexity index is 1120. The van der Waals surface area contributed by atoms with Crippen LogP contribution < -0.4 is 21.5 Å². The van der Waals surface area contributed by atoms with Crippen LogP contribution in [0.3, 0.4) is 0 Å². The number of primary amides is 1. The molecule has 10 heteroatoms. The number of hydrogen-bond acceptors (Lipinski definition) is 6. The molecular formula is C22H22ClN5O4. The number of aliphatic hydroxyl groups excluding tert-OH is 1. The monoisotopic (exact) mass is 455 g/mol. The van der Waals surface area contributed by atoms with Crippen LogP contribution in [0.2, 0.25) is 5.15 Å². The topological polar surface area (TPSA) is 131 Å². The van der Waals surface area contributed by atoms with Crippen molar-refractivity contribution in [1.82, 2.24) is 14.9 Å². The molecule has 3 heterocycles. The molecular weight excluding hydrogens is 434 g/mol. The first-order valence-electron chi connectivity index (χ1n) is 9.73. The van der Waals surface area contributed by atoms with Gasteiger partial charge in [0, 0.05) is 24.5 Å². The molecule has 1 fully saturated rings. The van der Waals surface area contributed by atoms with E-state index in [0.29, 0.717) is 18.1 Å². The third kappa shape index (κ3) is 5.71. The van der Waals surface area contributed by atoms with E-state index in [1.54, 1.807) is 34.4 Å². The molecule has 3 aromatic rings. The van der Waals surface area contributed by atoms with Crippen molar-refractivity contribution in [3.8, 4) is 5.69 Å². The summed E-state index contributed by atoms with van der Waals surface area (Å²) in [4.78, 5) is 36.9. The fraction of sp³-hybridized carbons (Fsp3) is 0.182. The summed E-state index contributed by atoms with van der Waals surface area (Å²) in [6.07, 6.45) is 3.95. The number of β-amino-alcohol motifs (C(OH)–C–C–N with tert-alkyl or cyclic N) is 1. The Morgan fingerprint density at radius 2 is 1.88 bits per heavy atom. The summed E-state index contributed by atoms with van der Waals surface area (Å²) < 4.78 is 1.61. The van der Waals surface area contributed by atoms with E-state index < -0.39 is 12.1 Å². The number of hydrogen-bond donors (Lipinski definition) is 3. The van der Waals surface area contributed by atoms with Gasteiger partial charge in [-0.25, -0.2) is 9.78 Å². The van der Waals surface area contributed by atoms with Crippen molar-refractivity contribution in [2.24, 2.45) is 5.73 Å². The molecule has 1 saturated heterocycles.